The fourth-order valence-corrected chi connectivity index (χ4v) is 2.08. The minimum atomic E-state index is -3.41. The van der Waals surface area contributed by atoms with Crippen LogP contribution >= 0.6 is 22.6 Å². The summed E-state index contributed by atoms with van der Waals surface area (Å²) in [4.78, 5) is 0.267. The zero-order valence-corrected chi connectivity index (χ0v) is 11.1. The van der Waals surface area contributed by atoms with Crippen LogP contribution in [0.1, 0.15) is 5.56 Å². The van der Waals surface area contributed by atoms with E-state index in [2.05, 4.69) is 14.6 Å². The summed E-state index contributed by atoms with van der Waals surface area (Å²) in [5, 5.41) is 0. The highest BCUT2D eigenvalue weighted by Gasteiger charge is 2.11. The summed E-state index contributed by atoms with van der Waals surface area (Å²) in [6.07, 6.45) is 0. The number of hydrogen-bond donors (Lipinski definition) is 1. The van der Waals surface area contributed by atoms with Gasteiger partial charge < -0.3 is 0 Å². The zero-order valence-electron chi connectivity index (χ0n) is 8.12. The van der Waals surface area contributed by atoms with E-state index in [1.807, 2.05) is 29.5 Å². The fraction of sp³-hybridized carbons (Fsp3) is 0.200. The van der Waals surface area contributed by atoms with Gasteiger partial charge in [0, 0.05) is 22.6 Å². The molecule has 0 aliphatic carbocycles. The van der Waals surface area contributed by atoms with E-state index in [-0.39, 0.29) is 11.4 Å². The van der Waals surface area contributed by atoms with E-state index in [1.165, 1.54) is 0 Å². The van der Waals surface area contributed by atoms with Crippen molar-refractivity contribution in [3.63, 3.8) is 0 Å². The van der Waals surface area contributed by atoms with E-state index in [0.717, 1.165) is 5.56 Å². The minimum absolute atomic E-state index is 0.138. The van der Waals surface area contributed by atoms with Gasteiger partial charge in [-0.2, -0.15) is 4.72 Å². The van der Waals surface area contributed by atoms with E-state index in [1.54, 1.807) is 24.3 Å². The molecule has 80 valence electrons. The van der Waals surface area contributed by atoms with Gasteiger partial charge in [-0.25, -0.2) is 8.42 Å². The Balaban J connectivity index is 2.85. The second kappa shape index (κ2) is 5.49. The summed E-state index contributed by atoms with van der Waals surface area (Å²) in [7, 11) is -3.41. The van der Waals surface area contributed by atoms with Crippen molar-refractivity contribution < 1.29 is 8.42 Å². The zero-order chi connectivity index (χ0) is 11.3. The molecule has 0 spiro atoms. The second-order valence-electron chi connectivity index (χ2n) is 2.91. The molecule has 0 saturated heterocycles. The first-order chi connectivity index (χ1) is 7.06. The molecule has 0 unspecified atom stereocenters. The van der Waals surface area contributed by atoms with Crippen LogP contribution in [0.5, 0.6) is 0 Å². The molecule has 0 saturated carbocycles. The number of aryl methyl sites for hydroxylation is 1. The average molecular weight is 335 g/mol. The molecule has 1 N–H and O–H groups in total. The predicted octanol–water partition coefficient (Wildman–Crippen LogP) is 1.67. The van der Waals surface area contributed by atoms with Crippen LogP contribution in [0.3, 0.4) is 0 Å². The van der Waals surface area contributed by atoms with Crippen LogP contribution in [0.15, 0.2) is 29.2 Å². The predicted molar refractivity (Wildman–Crippen MR) is 68.2 cm³/mol. The lowest BCUT2D eigenvalue weighted by Crippen LogP contribution is -2.23. The van der Waals surface area contributed by atoms with Gasteiger partial charge in [-0.05, 0) is 23.0 Å². The van der Waals surface area contributed by atoms with Crippen molar-refractivity contribution in [1.29, 1.82) is 0 Å². The third-order valence-corrected chi connectivity index (χ3v) is 3.55. The lowest BCUT2D eigenvalue weighted by Gasteiger charge is -2.03. The molecular weight excluding hydrogens is 325 g/mol. The summed E-state index contributed by atoms with van der Waals surface area (Å²) in [6, 6.07) is 6.68. The Morgan fingerprint density at radius 3 is 2.47 bits per heavy atom. The summed E-state index contributed by atoms with van der Waals surface area (Å²) in [6.45, 7) is 2.05. The van der Waals surface area contributed by atoms with Gasteiger partial charge in [0.15, 0.2) is 0 Å². The number of halogens is 1. The van der Waals surface area contributed by atoms with Crippen LogP contribution in [-0.2, 0) is 10.0 Å². The highest BCUT2D eigenvalue weighted by Crippen LogP contribution is 2.09. The van der Waals surface area contributed by atoms with Gasteiger partial charge in [-0.1, -0.05) is 23.6 Å². The molecule has 0 aliphatic rings. The molecule has 0 heterocycles. The lowest BCUT2D eigenvalue weighted by molar-refractivity contribution is 0.586. The van der Waals surface area contributed by atoms with E-state index in [4.69, 9.17) is 0 Å². The monoisotopic (exact) mass is 335 g/mol. The third-order valence-electron chi connectivity index (χ3n) is 1.75. The van der Waals surface area contributed by atoms with Gasteiger partial charge in [-0.15, -0.1) is 0 Å². The second-order valence-corrected chi connectivity index (χ2v) is 5.22. The van der Waals surface area contributed by atoms with Gasteiger partial charge in [0.05, 0.1) is 11.4 Å². The van der Waals surface area contributed by atoms with Crippen molar-refractivity contribution in [2.24, 2.45) is 0 Å². The maximum Gasteiger partial charge on any atom is 0.241 e. The Kier molecular flexibility index (Phi) is 4.57. The Morgan fingerprint density at radius 2 is 1.93 bits per heavy atom. The van der Waals surface area contributed by atoms with Crippen molar-refractivity contribution >= 4 is 32.6 Å². The van der Waals surface area contributed by atoms with Crippen LogP contribution < -0.4 is 4.72 Å². The van der Waals surface area contributed by atoms with Crippen molar-refractivity contribution in [3.05, 3.63) is 29.8 Å². The quantitative estimate of drug-likeness (QED) is 0.675. The van der Waals surface area contributed by atoms with Crippen LogP contribution in [0, 0.1) is 16.8 Å². The molecule has 1 aromatic rings. The molecule has 0 atom stereocenters. The summed E-state index contributed by atoms with van der Waals surface area (Å²) >= 11 is 1.86. The number of nitrogens with one attached hydrogen (secondary N) is 1. The van der Waals surface area contributed by atoms with Crippen molar-refractivity contribution in [3.8, 4) is 9.85 Å². The highest BCUT2D eigenvalue weighted by molar-refractivity contribution is 14.1. The maximum atomic E-state index is 11.6. The first-order valence-corrected chi connectivity index (χ1v) is 6.77. The van der Waals surface area contributed by atoms with Gasteiger partial charge in [-0.3, -0.25) is 0 Å². The van der Waals surface area contributed by atoms with E-state index >= 15 is 0 Å². The molecular formula is C10H10INO2S. The van der Waals surface area contributed by atoms with Crippen LogP contribution in [0.4, 0.5) is 0 Å². The molecule has 0 aromatic heterocycles. The number of hydrogen-bond acceptors (Lipinski definition) is 2. The largest absolute Gasteiger partial charge is 0.241 e. The molecule has 0 amide bonds. The molecule has 0 fully saturated rings. The van der Waals surface area contributed by atoms with E-state index in [0.29, 0.717) is 0 Å². The van der Waals surface area contributed by atoms with Crippen molar-refractivity contribution in [2.75, 3.05) is 6.54 Å². The van der Waals surface area contributed by atoms with Crippen LogP contribution in [-0.4, -0.2) is 15.0 Å². The molecule has 0 aliphatic heterocycles. The SMILES string of the molecule is Cc1ccc(S(=O)(=O)NCC#CI)cc1. The van der Waals surface area contributed by atoms with Gasteiger partial charge in [0.1, 0.15) is 0 Å². The smallest absolute Gasteiger partial charge is 0.207 e. The standard InChI is InChI=1S/C10H10INO2S/c1-9-3-5-10(6-4-9)15(13,14)12-8-2-7-11/h3-6,12H,8H2,1H3. The Hall–Kier alpha value is -0.580. The average Bonchev–Trinajstić information content (AvgIpc) is 2.18. The first kappa shape index (κ1) is 12.5. The van der Waals surface area contributed by atoms with Gasteiger partial charge in [0.2, 0.25) is 10.0 Å². The topological polar surface area (TPSA) is 46.2 Å². The van der Waals surface area contributed by atoms with Crippen molar-refractivity contribution in [1.82, 2.24) is 4.72 Å². The minimum Gasteiger partial charge on any atom is -0.207 e. The van der Waals surface area contributed by atoms with Crippen molar-refractivity contribution in [2.45, 2.75) is 11.8 Å². The lowest BCUT2D eigenvalue weighted by atomic mass is 10.2. The summed E-state index contributed by atoms with van der Waals surface area (Å²) in [5.41, 5.74) is 1.03. The van der Waals surface area contributed by atoms with E-state index in [9.17, 15) is 8.42 Å². The molecule has 1 rings (SSSR count). The van der Waals surface area contributed by atoms with Crippen LogP contribution in [0.2, 0.25) is 0 Å². The molecule has 3 nitrogen and oxygen atoms in total. The Morgan fingerprint density at radius 1 is 1.33 bits per heavy atom. The maximum absolute atomic E-state index is 11.6. The highest BCUT2D eigenvalue weighted by atomic mass is 127. The van der Waals surface area contributed by atoms with Gasteiger partial charge in [0.25, 0.3) is 0 Å². The number of sulfonamides is 1. The number of rotatable bonds is 3. The third kappa shape index (κ3) is 3.81. The molecule has 0 radical (unpaired) electrons. The molecule has 0 bridgehead atoms. The first-order valence-electron chi connectivity index (χ1n) is 4.21. The molecule has 1 aromatic carbocycles. The van der Waals surface area contributed by atoms with Crippen LogP contribution in [0.25, 0.3) is 0 Å². The Bertz CT molecular complexity index is 482. The van der Waals surface area contributed by atoms with Gasteiger partial charge >= 0.3 is 0 Å². The Labute approximate surface area is 103 Å². The summed E-state index contributed by atoms with van der Waals surface area (Å²) in [5.74, 6) is 2.63. The molecule has 5 heteroatoms. The normalized spacial score (nSPS) is 10.5. The van der Waals surface area contributed by atoms with E-state index < -0.39 is 10.0 Å². The summed E-state index contributed by atoms with van der Waals surface area (Å²) < 4.78 is 28.3. The fourth-order valence-electron chi connectivity index (χ4n) is 0.965. The number of benzene rings is 1. The molecule has 15 heavy (non-hydrogen) atoms.